The zero-order valence-corrected chi connectivity index (χ0v) is 12.0. The third-order valence-corrected chi connectivity index (χ3v) is 4.14. The molecule has 1 aliphatic carbocycles. The van der Waals surface area contributed by atoms with Crippen molar-refractivity contribution < 1.29 is 0 Å². The summed E-state index contributed by atoms with van der Waals surface area (Å²) in [6, 6.07) is 7.12. The Morgan fingerprint density at radius 3 is 2.95 bits per heavy atom. The Balaban J connectivity index is 1.56. The van der Waals surface area contributed by atoms with Crippen LogP contribution in [0.25, 0.3) is 0 Å². The van der Waals surface area contributed by atoms with E-state index in [1.807, 2.05) is 12.3 Å². The molecule has 1 aliphatic rings. The molecule has 0 aromatic carbocycles. The van der Waals surface area contributed by atoms with Gasteiger partial charge in [-0.1, -0.05) is 18.9 Å². The van der Waals surface area contributed by atoms with Gasteiger partial charge >= 0.3 is 0 Å². The molecule has 4 nitrogen and oxygen atoms in total. The van der Waals surface area contributed by atoms with Crippen molar-refractivity contribution in [3.05, 3.63) is 48.0 Å². The molecule has 4 heteroatoms. The Morgan fingerprint density at radius 1 is 1.35 bits per heavy atom. The van der Waals surface area contributed by atoms with Crippen LogP contribution in [-0.2, 0) is 6.54 Å². The summed E-state index contributed by atoms with van der Waals surface area (Å²) in [5.41, 5.74) is 2.33. The van der Waals surface area contributed by atoms with Crippen LogP contribution in [0.4, 0.5) is 0 Å². The number of hydrogen-bond donors (Lipinski definition) is 1. The Labute approximate surface area is 120 Å². The van der Waals surface area contributed by atoms with Crippen LogP contribution in [0.15, 0.2) is 36.8 Å². The summed E-state index contributed by atoms with van der Waals surface area (Å²) in [6.07, 6.45) is 11.1. The summed E-state index contributed by atoms with van der Waals surface area (Å²) in [4.78, 5) is 4.16. The smallest absolute Gasteiger partial charge is 0.0762 e. The molecule has 3 rings (SSSR count). The summed E-state index contributed by atoms with van der Waals surface area (Å²) in [5, 5.41) is 8.20. The highest BCUT2D eigenvalue weighted by atomic mass is 15.3. The van der Waals surface area contributed by atoms with Gasteiger partial charge in [-0.05, 0) is 37.5 Å². The third-order valence-electron chi connectivity index (χ3n) is 4.14. The van der Waals surface area contributed by atoms with Crippen molar-refractivity contribution in [2.45, 2.75) is 51.2 Å². The molecule has 1 saturated carbocycles. The van der Waals surface area contributed by atoms with E-state index in [4.69, 9.17) is 5.10 Å². The fourth-order valence-corrected chi connectivity index (χ4v) is 2.85. The van der Waals surface area contributed by atoms with E-state index in [0.717, 1.165) is 12.2 Å². The van der Waals surface area contributed by atoms with E-state index < -0.39 is 0 Å². The minimum absolute atomic E-state index is 0.292. The van der Waals surface area contributed by atoms with E-state index in [-0.39, 0.29) is 0 Å². The first-order valence-electron chi connectivity index (χ1n) is 7.50. The van der Waals surface area contributed by atoms with Gasteiger partial charge in [0.15, 0.2) is 0 Å². The molecule has 2 heterocycles. The second kappa shape index (κ2) is 6.18. The lowest BCUT2D eigenvalue weighted by atomic mass is 10.1. The predicted octanol–water partition coefficient (Wildman–Crippen LogP) is 3.24. The Kier molecular flexibility index (Phi) is 4.11. The van der Waals surface area contributed by atoms with Gasteiger partial charge in [0.25, 0.3) is 0 Å². The van der Waals surface area contributed by atoms with E-state index in [0.29, 0.717) is 12.1 Å². The summed E-state index contributed by atoms with van der Waals surface area (Å²) in [6.45, 7) is 2.96. The fraction of sp³-hybridized carbons (Fsp3) is 0.500. The minimum atomic E-state index is 0.292. The second-order valence-electron chi connectivity index (χ2n) is 5.61. The Hall–Kier alpha value is -1.68. The van der Waals surface area contributed by atoms with Crippen LogP contribution in [0.3, 0.4) is 0 Å². The molecule has 106 valence electrons. The summed E-state index contributed by atoms with van der Waals surface area (Å²) in [7, 11) is 0. The molecule has 1 fully saturated rings. The first kappa shape index (κ1) is 13.3. The van der Waals surface area contributed by atoms with Crippen molar-refractivity contribution >= 4 is 0 Å². The zero-order chi connectivity index (χ0) is 13.8. The first-order chi connectivity index (χ1) is 9.83. The maximum absolute atomic E-state index is 4.70. The zero-order valence-electron chi connectivity index (χ0n) is 12.0. The molecular formula is C16H22N4. The minimum Gasteiger partial charge on any atom is -0.304 e. The Morgan fingerprint density at radius 2 is 2.20 bits per heavy atom. The lowest BCUT2D eigenvalue weighted by Gasteiger charge is -2.13. The van der Waals surface area contributed by atoms with E-state index in [1.54, 1.807) is 6.20 Å². The van der Waals surface area contributed by atoms with Crippen LogP contribution in [0, 0.1) is 0 Å². The summed E-state index contributed by atoms with van der Waals surface area (Å²) >= 11 is 0. The summed E-state index contributed by atoms with van der Waals surface area (Å²) < 4.78 is 2.15. The van der Waals surface area contributed by atoms with Crippen molar-refractivity contribution in [2.24, 2.45) is 0 Å². The topological polar surface area (TPSA) is 42.7 Å². The van der Waals surface area contributed by atoms with Crippen molar-refractivity contribution in [1.29, 1.82) is 0 Å². The fourth-order valence-electron chi connectivity index (χ4n) is 2.85. The molecule has 0 radical (unpaired) electrons. The maximum Gasteiger partial charge on any atom is 0.0762 e. The summed E-state index contributed by atoms with van der Waals surface area (Å²) in [5.74, 6) is 0. The standard InChI is InChI=1S/C16H22N4/c1-13(14-5-4-9-17-11-14)18-12-15-8-10-20(19-15)16-6-2-3-7-16/h4-5,8-11,13,16,18H,2-3,6-7,12H2,1H3. The largest absolute Gasteiger partial charge is 0.304 e. The van der Waals surface area contributed by atoms with Gasteiger partial charge < -0.3 is 5.32 Å². The molecule has 0 amide bonds. The van der Waals surface area contributed by atoms with Gasteiger partial charge in [-0.15, -0.1) is 0 Å². The number of aromatic nitrogens is 3. The van der Waals surface area contributed by atoms with Gasteiger partial charge in [-0.2, -0.15) is 5.10 Å². The average Bonchev–Trinajstić information content (AvgIpc) is 3.16. The average molecular weight is 270 g/mol. The molecule has 20 heavy (non-hydrogen) atoms. The van der Waals surface area contributed by atoms with Crippen LogP contribution < -0.4 is 5.32 Å². The van der Waals surface area contributed by atoms with Crippen LogP contribution in [0.2, 0.25) is 0 Å². The quantitative estimate of drug-likeness (QED) is 0.907. The molecule has 0 spiro atoms. The van der Waals surface area contributed by atoms with Crippen LogP contribution in [0.5, 0.6) is 0 Å². The molecular weight excluding hydrogens is 248 g/mol. The van der Waals surface area contributed by atoms with Crippen molar-refractivity contribution in [2.75, 3.05) is 0 Å². The Bertz CT molecular complexity index is 528. The highest BCUT2D eigenvalue weighted by Crippen LogP contribution is 2.28. The lowest BCUT2D eigenvalue weighted by Crippen LogP contribution is -2.18. The van der Waals surface area contributed by atoms with E-state index >= 15 is 0 Å². The van der Waals surface area contributed by atoms with Crippen LogP contribution in [-0.4, -0.2) is 14.8 Å². The molecule has 0 saturated heterocycles. The second-order valence-corrected chi connectivity index (χ2v) is 5.61. The highest BCUT2D eigenvalue weighted by molar-refractivity contribution is 5.13. The molecule has 0 bridgehead atoms. The molecule has 2 aromatic rings. The third kappa shape index (κ3) is 3.07. The van der Waals surface area contributed by atoms with E-state index in [9.17, 15) is 0 Å². The number of nitrogens with zero attached hydrogens (tertiary/aromatic N) is 3. The van der Waals surface area contributed by atoms with E-state index in [2.05, 4.69) is 40.2 Å². The van der Waals surface area contributed by atoms with Gasteiger partial charge in [-0.25, -0.2) is 0 Å². The molecule has 2 aromatic heterocycles. The number of hydrogen-bond acceptors (Lipinski definition) is 3. The van der Waals surface area contributed by atoms with Gasteiger partial charge in [-0.3, -0.25) is 9.67 Å². The van der Waals surface area contributed by atoms with Gasteiger partial charge in [0, 0.05) is 31.2 Å². The monoisotopic (exact) mass is 270 g/mol. The van der Waals surface area contributed by atoms with Gasteiger partial charge in [0.05, 0.1) is 11.7 Å². The van der Waals surface area contributed by atoms with Crippen molar-refractivity contribution in [3.63, 3.8) is 0 Å². The highest BCUT2D eigenvalue weighted by Gasteiger charge is 2.17. The van der Waals surface area contributed by atoms with Crippen LogP contribution >= 0.6 is 0 Å². The number of rotatable bonds is 5. The van der Waals surface area contributed by atoms with E-state index in [1.165, 1.54) is 31.2 Å². The van der Waals surface area contributed by atoms with Gasteiger partial charge in [0.2, 0.25) is 0 Å². The normalized spacial score (nSPS) is 17.4. The van der Waals surface area contributed by atoms with Gasteiger partial charge in [0.1, 0.15) is 0 Å². The van der Waals surface area contributed by atoms with Crippen LogP contribution in [0.1, 0.15) is 55.9 Å². The molecule has 0 aliphatic heterocycles. The molecule has 1 unspecified atom stereocenters. The first-order valence-corrected chi connectivity index (χ1v) is 7.50. The van der Waals surface area contributed by atoms with Crippen molar-refractivity contribution in [1.82, 2.24) is 20.1 Å². The number of pyridine rings is 1. The maximum atomic E-state index is 4.70. The SMILES string of the molecule is CC(NCc1ccn(C2CCCC2)n1)c1cccnc1. The lowest BCUT2D eigenvalue weighted by molar-refractivity contribution is 0.458. The molecule has 1 atom stereocenters. The number of nitrogens with one attached hydrogen (secondary N) is 1. The predicted molar refractivity (Wildman–Crippen MR) is 79.2 cm³/mol. The van der Waals surface area contributed by atoms with Crippen molar-refractivity contribution in [3.8, 4) is 0 Å². The molecule has 1 N–H and O–H groups in total.